The van der Waals surface area contributed by atoms with E-state index in [4.69, 9.17) is 0 Å². The lowest BCUT2D eigenvalue weighted by molar-refractivity contribution is 1.05. The highest BCUT2D eigenvalue weighted by molar-refractivity contribution is 5.78. The summed E-state index contributed by atoms with van der Waals surface area (Å²) in [6.07, 6.45) is 6.25. The maximum absolute atomic E-state index is 4.03. The SMILES string of the molecule is c1ccc2c(c1)Cc1cc(NCc3cncnc3)ccc1-2. The van der Waals surface area contributed by atoms with Gasteiger partial charge in [-0.05, 0) is 40.8 Å². The zero-order valence-corrected chi connectivity index (χ0v) is 11.6. The van der Waals surface area contributed by atoms with Crippen LogP contribution < -0.4 is 5.32 Å². The normalized spacial score (nSPS) is 11.8. The molecule has 2 aromatic carbocycles. The number of nitrogens with zero attached hydrogens (tertiary/aromatic N) is 2. The lowest BCUT2D eigenvalue weighted by Gasteiger charge is -2.08. The molecule has 0 amide bonds. The van der Waals surface area contributed by atoms with Crippen LogP contribution in [0.3, 0.4) is 0 Å². The molecule has 0 atom stereocenters. The molecule has 102 valence electrons. The Hall–Kier alpha value is -2.68. The average Bonchev–Trinajstić information content (AvgIpc) is 2.91. The van der Waals surface area contributed by atoms with Gasteiger partial charge in [-0.15, -0.1) is 0 Å². The van der Waals surface area contributed by atoms with E-state index in [0.717, 1.165) is 24.2 Å². The van der Waals surface area contributed by atoms with Crippen LogP contribution in [0, 0.1) is 0 Å². The van der Waals surface area contributed by atoms with E-state index in [1.807, 2.05) is 12.4 Å². The van der Waals surface area contributed by atoms with Crippen LogP contribution in [0.15, 0.2) is 61.2 Å². The van der Waals surface area contributed by atoms with Crippen LogP contribution in [0.2, 0.25) is 0 Å². The number of anilines is 1. The van der Waals surface area contributed by atoms with Crippen molar-refractivity contribution in [1.82, 2.24) is 9.97 Å². The molecule has 1 N–H and O–H groups in total. The van der Waals surface area contributed by atoms with Crippen molar-refractivity contribution >= 4 is 5.69 Å². The first-order valence-corrected chi connectivity index (χ1v) is 7.09. The molecule has 3 aromatic rings. The molecule has 0 saturated heterocycles. The molecule has 0 saturated carbocycles. The third-order valence-corrected chi connectivity index (χ3v) is 3.90. The summed E-state index contributed by atoms with van der Waals surface area (Å²) in [4.78, 5) is 8.06. The van der Waals surface area contributed by atoms with Crippen molar-refractivity contribution in [2.45, 2.75) is 13.0 Å². The fraction of sp³-hybridized carbons (Fsp3) is 0.111. The highest BCUT2D eigenvalue weighted by atomic mass is 14.9. The Morgan fingerprint density at radius 2 is 1.71 bits per heavy atom. The molecule has 1 aliphatic rings. The summed E-state index contributed by atoms with van der Waals surface area (Å²) in [7, 11) is 0. The lowest BCUT2D eigenvalue weighted by atomic mass is 10.1. The minimum absolute atomic E-state index is 0.743. The molecule has 0 spiro atoms. The van der Waals surface area contributed by atoms with Gasteiger partial charge in [-0.2, -0.15) is 0 Å². The van der Waals surface area contributed by atoms with Crippen molar-refractivity contribution in [2.24, 2.45) is 0 Å². The van der Waals surface area contributed by atoms with Crippen LogP contribution in [0.4, 0.5) is 5.69 Å². The Balaban J connectivity index is 1.56. The first kappa shape index (κ1) is 12.1. The molecule has 0 unspecified atom stereocenters. The quantitative estimate of drug-likeness (QED) is 0.619. The fourth-order valence-corrected chi connectivity index (χ4v) is 2.88. The van der Waals surface area contributed by atoms with Gasteiger partial charge in [0, 0.05) is 30.2 Å². The van der Waals surface area contributed by atoms with Gasteiger partial charge in [0.15, 0.2) is 0 Å². The Morgan fingerprint density at radius 1 is 0.905 bits per heavy atom. The first-order valence-electron chi connectivity index (χ1n) is 7.09. The average molecular weight is 273 g/mol. The minimum Gasteiger partial charge on any atom is -0.381 e. The number of aromatic nitrogens is 2. The Bertz CT molecular complexity index is 781. The summed E-state index contributed by atoms with van der Waals surface area (Å²) >= 11 is 0. The molecular formula is C18H15N3. The molecular weight excluding hydrogens is 258 g/mol. The lowest BCUT2D eigenvalue weighted by Crippen LogP contribution is -2.00. The number of fused-ring (bicyclic) bond motifs is 3. The van der Waals surface area contributed by atoms with Gasteiger partial charge < -0.3 is 5.32 Å². The van der Waals surface area contributed by atoms with Crippen molar-refractivity contribution in [2.75, 3.05) is 5.32 Å². The van der Waals surface area contributed by atoms with Crippen molar-refractivity contribution < 1.29 is 0 Å². The summed E-state index contributed by atoms with van der Waals surface area (Å²) in [6.45, 7) is 0.743. The molecule has 1 heterocycles. The fourth-order valence-electron chi connectivity index (χ4n) is 2.88. The second-order valence-electron chi connectivity index (χ2n) is 5.31. The molecule has 0 bridgehead atoms. The van der Waals surface area contributed by atoms with Crippen LogP contribution in [0.5, 0.6) is 0 Å². The number of nitrogens with one attached hydrogen (secondary N) is 1. The predicted octanol–water partition coefficient (Wildman–Crippen LogP) is 3.66. The van der Waals surface area contributed by atoms with Crippen LogP contribution in [-0.4, -0.2) is 9.97 Å². The Kier molecular flexibility index (Phi) is 2.89. The maximum Gasteiger partial charge on any atom is 0.115 e. The van der Waals surface area contributed by atoms with Crippen LogP contribution in [-0.2, 0) is 13.0 Å². The highest BCUT2D eigenvalue weighted by Crippen LogP contribution is 2.37. The van der Waals surface area contributed by atoms with Gasteiger partial charge in [0.2, 0.25) is 0 Å². The van der Waals surface area contributed by atoms with Crippen LogP contribution in [0.25, 0.3) is 11.1 Å². The van der Waals surface area contributed by atoms with Gasteiger partial charge >= 0.3 is 0 Å². The monoisotopic (exact) mass is 273 g/mol. The Morgan fingerprint density at radius 3 is 2.62 bits per heavy atom. The smallest absolute Gasteiger partial charge is 0.115 e. The molecule has 4 rings (SSSR count). The molecule has 3 heteroatoms. The summed E-state index contributed by atoms with van der Waals surface area (Å²) in [5, 5.41) is 3.44. The predicted molar refractivity (Wildman–Crippen MR) is 84.0 cm³/mol. The number of hydrogen-bond donors (Lipinski definition) is 1. The van der Waals surface area contributed by atoms with Crippen molar-refractivity contribution in [3.63, 3.8) is 0 Å². The second kappa shape index (κ2) is 5.02. The van der Waals surface area contributed by atoms with Gasteiger partial charge in [-0.3, -0.25) is 0 Å². The van der Waals surface area contributed by atoms with Crippen LogP contribution >= 0.6 is 0 Å². The minimum atomic E-state index is 0.743. The van der Waals surface area contributed by atoms with E-state index in [0.29, 0.717) is 0 Å². The molecule has 0 fully saturated rings. The standard InChI is InChI=1S/C18H15N3/c1-2-4-17-14(3-1)7-15-8-16(5-6-18(15)17)21-11-13-9-19-12-20-10-13/h1-6,8-10,12,21H,7,11H2. The van der Waals surface area contributed by atoms with Gasteiger partial charge in [0.1, 0.15) is 6.33 Å². The van der Waals surface area contributed by atoms with Gasteiger partial charge in [0.25, 0.3) is 0 Å². The molecule has 3 nitrogen and oxygen atoms in total. The molecule has 0 aliphatic heterocycles. The summed E-state index contributed by atoms with van der Waals surface area (Å²) in [5.41, 5.74) is 7.77. The van der Waals surface area contributed by atoms with E-state index in [9.17, 15) is 0 Å². The van der Waals surface area contributed by atoms with Crippen molar-refractivity contribution in [3.05, 3.63) is 77.9 Å². The van der Waals surface area contributed by atoms with E-state index in [2.05, 4.69) is 57.7 Å². The first-order chi connectivity index (χ1) is 10.4. The molecule has 1 aliphatic carbocycles. The zero-order valence-electron chi connectivity index (χ0n) is 11.6. The van der Waals surface area contributed by atoms with Crippen molar-refractivity contribution in [1.29, 1.82) is 0 Å². The molecule has 0 radical (unpaired) electrons. The van der Waals surface area contributed by atoms with Crippen molar-refractivity contribution in [3.8, 4) is 11.1 Å². The number of benzene rings is 2. The van der Waals surface area contributed by atoms with E-state index >= 15 is 0 Å². The van der Waals surface area contributed by atoms with E-state index in [1.165, 1.54) is 22.3 Å². The molecule has 1 aromatic heterocycles. The summed E-state index contributed by atoms with van der Waals surface area (Å²) in [6, 6.07) is 15.2. The zero-order chi connectivity index (χ0) is 14.1. The van der Waals surface area contributed by atoms with Crippen LogP contribution in [0.1, 0.15) is 16.7 Å². The van der Waals surface area contributed by atoms with E-state index < -0.39 is 0 Å². The largest absolute Gasteiger partial charge is 0.381 e. The van der Waals surface area contributed by atoms with E-state index in [-0.39, 0.29) is 0 Å². The maximum atomic E-state index is 4.03. The summed E-state index contributed by atoms with van der Waals surface area (Å²) < 4.78 is 0. The third kappa shape index (κ3) is 2.27. The van der Waals surface area contributed by atoms with Gasteiger partial charge in [-0.1, -0.05) is 30.3 Å². The molecule has 21 heavy (non-hydrogen) atoms. The number of rotatable bonds is 3. The van der Waals surface area contributed by atoms with E-state index in [1.54, 1.807) is 6.33 Å². The third-order valence-electron chi connectivity index (χ3n) is 3.90. The second-order valence-corrected chi connectivity index (χ2v) is 5.31. The number of hydrogen-bond acceptors (Lipinski definition) is 3. The summed E-state index contributed by atoms with van der Waals surface area (Å²) in [5.74, 6) is 0. The highest BCUT2D eigenvalue weighted by Gasteiger charge is 2.17. The van der Waals surface area contributed by atoms with Gasteiger partial charge in [0.05, 0.1) is 0 Å². The van der Waals surface area contributed by atoms with Gasteiger partial charge in [-0.25, -0.2) is 9.97 Å². The topological polar surface area (TPSA) is 37.8 Å². The Labute approximate surface area is 123 Å².